The number of likely N-dealkylation sites (tertiary alicyclic amines) is 2. The van der Waals surface area contributed by atoms with Crippen LogP contribution in [0.3, 0.4) is 0 Å². The maximum absolute atomic E-state index is 12.0. The van der Waals surface area contributed by atoms with Crippen molar-refractivity contribution in [2.75, 3.05) is 33.2 Å². The van der Waals surface area contributed by atoms with Crippen molar-refractivity contribution < 1.29 is 14.3 Å². The molecule has 5 heteroatoms. The van der Waals surface area contributed by atoms with E-state index >= 15 is 0 Å². The Balaban J connectivity index is 2.02. The Morgan fingerprint density at radius 2 is 1.67 bits per heavy atom. The summed E-state index contributed by atoms with van der Waals surface area (Å²) >= 11 is 0. The van der Waals surface area contributed by atoms with Gasteiger partial charge in [0.05, 0.1) is 0 Å². The van der Waals surface area contributed by atoms with Gasteiger partial charge in [0, 0.05) is 38.0 Å². The van der Waals surface area contributed by atoms with Crippen LogP contribution in [0.1, 0.15) is 20.8 Å². The lowest BCUT2D eigenvalue weighted by atomic mass is 9.83. The van der Waals surface area contributed by atoms with Crippen LogP contribution >= 0.6 is 0 Å². The summed E-state index contributed by atoms with van der Waals surface area (Å²) in [5.41, 5.74) is -0.482. The normalized spacial score (nSPS) is 29.3. The molecule has 2 atom stereocenters. The van der Waals surface area contributed by atoms with E-state index in [1.54, 1.807) is 4.90 Å². The van der Waals surface area contributed by atoms with Crippen LogP contribution in [-0.2, 0) is 9.53 Å². The van der Waals surface area contributed by atoms with Crippen LogP contribution in [0.5, 0.6) is 0 Å². The number of fused-ring (bicyclic) bond motifs is 2. The quantitative estimate of drug-likeness (QED) is 0.646. The Bertz CT molecular complexity index is 344. The summed E-state index contributed by atoms with van der Waals surface area (Å²) in [7, 11) is 2.02. The van der Waals surface area contributed by atoms with Gasteiger partial charge in [0.15, 0.2) is 0 Å². The zero-order valence-corrected chi connectivity index (χ0v) is 11.6. The van der Waals surface area contributed by atoms with Gasteiger partial charge in [-0.2, -0.15) is 0 Å². The minimum Gasteiger partial charge on any atom is -0.444 e. The molecule has 1 amide bonds. The van der Waals surface area contributed by atoms with Gasteiger partial charge < -0.3 is 14.5 Å². The molecule has 18 heavy (non-hydrogen) atoms. The third-order valence-electron chi connectivity index (χ3n) is 3.40. The summed E-state index contributed by atoms with van der Waals surface area (Å²) in [4.78, 5) is 27.9. The first-order valence-corrected chi connectivity index (χ1v) is 6.46. The number of hydrogen-bond acceptors (Lipinski definition) is 4. The fraction of sp³-hybridized carbons (Fsp3) is 0.846. The van der Waals surface area contributed by atoms with Crippen molar-refractivity contribution in [3.63, 3.8) is 0 Å². The first-order valence-electron chi connectivity index (χ1n) is 6.46. The second-order valence-corrected chi connectivity index (χ2v) is 6.40. The van der Waals surface area contributed by atoms with E-state index in [4.69, 9.17) is 4.74 Å². The second-order valence-electron chi connectivity index (χ2n) is 6.40. The van der Waals surface area contributed by atoms with Gasteiger partial charge in [-0.3, -0.25) is 4.79 Å². The number of nitrogens with zero attached hydrogens (tertiary/aromatic N) is 2. The second kappa shape index (κ2) is 4.53. The van der Waals surface area contributed by atoms with Gasteiger partial charge in [-0.15, -0.1) is 0 Å². The highest BCUT2D eigenvalue weighted by Gasteiger charge is 2.42. The topological polar surface area (TPSA) is 49.9 Å². The lowest BCUT2D eigenvalue weighted by Gasteiger charge is -2.43. The summed E-state index contributed by atoms with van der Waals surface area (Å²) in [6.45, 7) is 8.05. The molecule has 0 saturated carbocycles. The first-order chi connectivity index (χ1) is 8.26. The summed E-state index contributed by atoms with van der Waals surface area (Å²) in [6, 6.07) is 0. The van der Waals surface area contributed by atoms with E-state index in [0.717, 1.165) is 13.1 Å². The van der Waals surface area contributed by atoms with E-state index in [1.165, 1.54) is 0 Å². The molecular formula is C13H22N2O3. The highest BCUT2D eigenvalue weighted by Crippen LogP contribution is 2.25. The van der Waals surface area contributed by atoms with E-state index in [-0.39, 0.29) is 17.9 Å². The molecule has 0 radical (unpaired) electrons. The number of ketones is 1. The minimum atomic E-state index is -0.482. The predicted octanol–water partition coefficient (Wildman–Crippen LogP) is 0.984. The molecule has 0 aromatic carbocycles. The molecular weight excluding hydrogens is 232 g/mol. The van der Waals surface area contributed by atoms with E-state index in [2.05, 4.69) is 4.90 Å². The van der Waals surface area contributed by atoms with Crippen LogP contribution in [0, 0.1) is 11.8 Å². The summed E-state index contributed by atoms with van der Waals surface area (Å²) in [6.07, 6.45) is -0.297. The van der Waals surface area contributed by atoms with Crippen molar-refractivity contribution in [3.05, 3.63) is 0 Å². The molecule has 2 fully saturated rings. The number of amides is 1. The van der Waals surface area contributed by atoms with E-state index in [0.29, 0.717) is 18.9 Å². The number of rotatable bonds is 0. The molecule has 0 N–H and O–H groups in total. The number of hydrogen-bond donors (Lipinski definition) is 0. The Morgan fingerprint density at radius 1 is 1.17 bits per heavy atom. The molecule has 0 aromatic rings. The maximum Gasteiger partial charge on any atom is 0.410 e. The largest absolute Gasteiger partial charge is 0.444 e. The van der Waals surface area contributed by atoms with Crippen molar-refractivity contribution >= 4 is 11.9 Å². The third kappa shape index (κ3) is 2.83. The summed E-state index contributed by atoms with van der Waals surface area (Å²) in [5.74, 6) is 0.220. The van der Waals surface area contributed by atoms with Gasteiger partial charge in [0.25, 0.3) is 0 Å². The van der Waals surface area contributed by atoms with Gasteiger partial charge in [-0.25, -0.2) is 4.79 Å². The zero-order chi connectivity index (χ0) is 13.5. The van der Waals surface area contributed by atoms with E-state index < -0.39 is 5.60 Å². The average molecular weight is 254 g/mol. The molecule has 5 nitrogen and oxygen atoms in total. The van der Waals surface area contributed by atoms with E-state index in [9.17, 15) is 9.59 Å². The van der Waals surface area contributed by atoms with Gasteiger partial charge in [-0.1, -0.05) is 0 Å². The molecule has 2 rings (SSSR count). The Kier molecular flexibility index (Phi) is 3.36. The van der Waals surface area contributed by atoms with Crippen molar-refractivity contribution in [3.8, 4) is 0 Å². The highest BCUT2D eigenvalue weighted by molar-refractivity contribution is 5.87. The smallest absolute Gasteiger partial charge is 0.410 e. The molecule has 2 aliphatic heterocycles. The maximum atomic E-state index is 12.0. The van der Waals surface area contributed by atoms with Crippen LogP contribution in [0.4, 0.5) is 4.79 Å². The number of carbonyl (C=O) groups is 2. The zero-order valence-electron chi connectivity index (χ0n) is 11.6. The fourth-order valence-corrected chi connectivity index (χ4v) is 2.72. The van der Waals surface area contributed by atoms with Crippen molar-refractivity contribution in [2.45, 2.75) is 26.4 Å². The molecule has 2 saturated heterocycles. The average Bonchev–Trinajstić information content (AvgIpc) is 2.17. The monoisotopic (exact) mass is 254 g/mol. The van der Waals surface area contributed by atoms with Crippen molar-refractivity contribution in [2.24, 2.45) is 11.8 Å². The number of carbonyl (C=O) groups excluding carboxylic acids is 2. The van der Waals surface area contributed by atoms with Crippen LogP contribution in [0.15, 0.2) is 0 Å². The van der Waals surface area contributed by atoms with Crippen LogP contribution in [-0.4, -0.2) is 60.5 Å². The lowest BCUT2D eigenvalue weighted by Crippen LogP contribution is -2.58. The Hall–Kier alpha value is -1.10. The minimum absolute atomic E-state index is 0.0463. The number of Topliss-reactive ketones (excluding diaryl/α,β-unsaturated/α-hetero) is 1. The lowest BCUT2D eigenvalue weighted by molar-refractivity contribution is -0.136. The molecule has 0 spiro atoms. The number of piperidine rings is 2. The highest BCUT2D eigenvalue weighted by atomic mass is 16.6. The van der Waals surface area contributed by atoms with Crippen molar-refractivity contribution in [1.29, 1.82) is 0 Å². The molecule has 102 valence electrons. The van der Waals surface area contributed by atoms with Crippen LogP contribution in [0.25, 0.3) is 0 Å². The van der Waals surface area contributed by atoms with Gasteiger partial charge in [0.2, 0.25) is 0 Å². The first kappa shape index (κ1) is 13.3. The third-order valence-corrected chi connectivity index (χ3v) is 3.40. The van der Waals surface area contributed by atoms with Crippen LogP contribution in [0.2, 0.25) is 0 Å². The molecule has 0 aromatic heterocycles. The molecule has 2 heterocycles. The Morgan fingerprint density at radius 3 is 2.11 bits per heavy atom. The Labute approximate surface area is 108 Å². The molecule has 0 aliphatic carbocycles. The molecule has 0 unspecified atom stereocenters. The van der Waals surface area contributed by atoms with Gasteiger partial charge >= 0.3 is 6.09 Å². The van der Waals surface area contributed by atoms with Crippen LogP contribution < -0.4 is 0 Å². The predicted molar refractivity (Wildman–Crippen MR) is 67.3 cm³/mol. The van der Waals surface area contributed by atoms with Crippen molar-refractivity contribution in [1.82, 2.24) is 9.80 Å². The molecule has 2 bridgehead atoms. The number of ether oxygens (including phenoxy) is 1. The van der Waals surface area contributed by atoms with Gasteiger partial charge in [0.1, 0.15) is 11.4 Å². The fourth-order valence-electron chi connectivity index (χ4n) is 2.72. The van der Waals surface area contributed by atoms with Gasteiger partial charge in [-0.05, 0) is 27.8 Å². The molecule has 2 aliphatic rings. The van der Waals surface area contributed by atoms with E-state index in [1.807, 2.05) is 27.8 Å². The summed E-state index contributed by atoms with van der Waals surface area (Å²) < 4.78 is 5.37. The standard InChI is InChI=1S/C13H22N2O3/c1-13(2,3)18-12(17)15-7-9-5-14(4)6-10(8-15)11(9)16/h9-10H,5-8H2,1-4H3/t9-,10-/m1/s1. The summed E-state index contributed by atoms with van der Waals surface area (Å²) in [5, 5.41) is 0. The SMILES string of the molecule is CN1C[C@@H]2CN(C(=O)OC(C)(C)C)C[C@@H](C1)C2=O.